The maximum absolute atomic E-state index is 12.5. The van der Waals surface area contributed by atoms with Crippen LogP contribution in [0.4, 0.5) is 0 Å². The first-order valence-electron chi connectivity index (χ1n) is 6.91. The van der Waals surface area contributed by atoms with Crippen molar-refractivity contribution >= 4 is 28.3 Å². The normalized spacial score (nSPS) is 19.5. The molecule has 10 heteroatoms. The maximum Gasteiger partial charge on any atom is 0.262 e. The number of aromatic nitrogens is 2. The highest BCUT2D eigenvalue weighted by Crippen LogP contribution is 2.22. The highest BCUT2D eigenvalue weighted by molar-refractivity contribution is 7.89. The van der Waals surface area contributed by atoms with Crippen LogP contribution >= 0.6 is 12.4 Å². The fourth-order valence-corrected chi connectivity index (χ4v) is 3.86. The van der Waals surface area contributed by atoms with Gasteiger partial charge in [-0.15, -0.1) is 12.4 Å². The van der Waals surface area contributed by atoms with E-state index in [-0.39, 0.29) is 35.8 Å². The van der Waals surface area contributed by atoms with Gasteiger partial charge in [0.25, 0.3) is 10.0 Å². The summed E-state index contributed by atoms with van der Waals surface area (Å²) in [7, 11) is -1.92. The van der Waals surface area contributed by atoms with Crippen LogP contribution in [0.15, 0.2) is 17.6 Å². The zero-order valence-electron chi connectivity index (χ0n) is 12.4. The van der Waals surface area contributed by atoms with Gasteiger partial charge in [0.05, 0.1) is 12.2 Å². The predicted octanol–water partition coefficient (Wildman–Crippen LogP) is -0.682. The molecule has 3 N–H and O–H groups in total. The smallest absolute Gasteiger partial charge is 0.262 e. The number of carbonyl (C=O) groups is 1. The van der Waals surface area contributed by atoms with Gasteiger partial charge in [0.2, 0.25) is 5.91 Å². The monoisotopic (exact) mass is 351 g/mol. The van der Waals surface area contributed by atoms with Gasteiger partial charge in [-0.1, -0.05) is 0 Å². The van der Waals surface area contributed by atoms with Crippen LogP contribution in [0, 0.1) is 5.92 Å². The summed E-state index contributed by atoms with van der Waals surface area (Å²) in [6, 6.07) is 0. The van der Waals surface area contributed by atoms with Crippen LogP contribution in [0.5, 0.6) is 0 Å². The third kappa shape index (κ3) is 4.19. The Morgan fingerprint density at radius 1 is 1.55 bits per heavy atom. The summed E-state index contributed by atoms with van der Waals surface area (Å²) in [5.41, 5.74) is 5.35. The fraction of sp³-hybridized carbons (Fsp3) is 0.667. The Kier molecular flexibility index (Phi) is 6.79. The Labute approximate surface area is 136 Å². The second-order valence-corrected chi connectivity index (χ2v) is 7.04. The number of piperidine rings is 1. The number of nitrogens with zero attached hydrogens (tertiary/aromatic N) is 3. The molecule has 0 saturated carbocycles. The van der Waals surface area contributed by atoms with Gasteiger partial charge in [-0.2, -0.15) is 4.31 Å². The summed E-state index contributed by atoms with van der Waals surface area (Å²) in [5.74, 6) is -0.467. The number of rotatable bonds is 5. The first kappa shape index (κ1) is 18.9. The van der Waals surface area contributed by atoms with Crippen LogP contribution in [0.25, 0.3) is 0 Å². The minimum atomic E-state index is -3.63. The van der Waals surface area contributed by atoms with E-state index in [0.717, 1.165) is 0 Å². The van der Waals surface area contributed by atoms with Crippen LogP contribution in [-0.2, 0) is 21.9 Å². The average molecular weight is 352 g/mol. The molecule has 1 atom stereocenters. The van der Waals surface area contributed by atoms with E-state index in [9.17, 15) is 13.2 Å². The number of halogens is 1. The zero-order chi connectivity index (χ0) is 15.5. The van der Waals surface area contributed by atoms with Crippen molar-refractivity contribution in [2.75, 3.05) is 26.2 Å². The lowest BCUT2D eigenvalue weighted by molar-refractivity contribution is -0.126. The number of nitrogens with one attached hydrogen (secondary N) is 1. The number of amides is 1. The van der Waals surface area contributed by atoms with Crippen LogP contribution in [0.1, 0.15) is 12.8 Å². The van der Waals surface area contributed by atoms with Gasteiger partial charge in [0, 0.05) is 39.4 Å². The van der Waals surface area contributed by atoms with Gasteiger partial charge in [-0.3, -0.25) is 4.79 Å². The van der Waals surface area contributed by atoms with Gasteiger partial charge >= 0.3 is 0 Å². The highest BCUT2D eigenvalue weighted by Gasteiger charge is 2.34. The summed E-state index contributed by atoms with van der Waals surface area (Å²) in [6.45, 7) is 1.38. The Bertz CT molecular complexity index is 604. The molecule has 0 radical (unpaired) electrons. The van der Waals surface area contributed by atoms with Gasteiger partial charge in [-0.05, 0) is 12.8 Å². The molecule has 1 aromatic heterocycles. The second-order valence-electron chi connectivity index (χ2n) is 5.16. The summed E-state index contributed by atoms with van der Waals surface area (Å²) in [4.78, 5) is 15.9. The third-order valence-corrected chi connectivity index (χ3v) is 5.23. The number of hydrogen-bond acceptors (Lipinski definition) is 5. The third-order valence-electron chi connectivity index (χ3n) is 3.48. The Balaban J connectivity index is 0.00000242. The minimum absolute atomic E-state index is 0. The van der Waals surface area contributed by atoms with E-state index in [1.165, 1.54) is 16.8 Å². The molecular weight excluding hydrogens is 330 g/mol. The lowest BCUT2D eigenvalue weighted by Gasteiger charge is -2.30. The molecule has 1 unspecified atom stereocenters. The van der Waals surface area contributed by atoms with Crippen molar-refractivity contribution < 1.29 is 13.2 Å². The molecule has 0 aromatic carbocycles. The molecule has 0 spiro atoms. The van der Waals surface area contributed by atoms with E-state index in [0.29, 0.717) is 32.5 Å². The van der Waals surface area contributed by atoms with E-state index in [1.807, 2.05) is 0 Å². The van der Waals surface area contributed by atoms with E-state index in [4.69, 9.17) is 5.73 Å². The van der Waals surface area contributed by atoms with Crippen molar-refractivity contribution in [3.8, 4) is 0 Å². The van der Waals surface area contributed by atoms with Crippen molar-refractivity contribution in [1.29, 1.82) is 0 Å². The summed E-state index contributed by atoms with van der Waals surface area (Å²) >= 11 is 0. The highest BCUT2D eigenvalue weighted by atomic mass is 35.5. The number of aryl methyl sites for hydroxylation is 1. The molecule has 2 rings (SSSR count). The summed E-state index contributed by atoms with van der Waals surface area (Å²) < 4.78 is 27.9. The van der Waals surface area contributed by atoms with E-state index >= 15 is 0 Å². The van der Waals surface area contributed by atoms with Crippen LogP contribution in [0.3, 0.4) is 0 Å². The molecule has 22 heavy (non-hydrogen) atoms. The number of hydrogen-bond donors (Lipinski definition) is 2. The Morgan fingerprint density at radius 3 is 2.86 bits per heavy atom. The van der Waals surface area contributed by atoms with E-state index in [2.05, 4.69) is 10.3 Å². The minimum Gasteiger partial charge on any atom is -0.355 e. The number of nitrogens with two attached hydrogens (primary N) is 1. The van der Waals surface area contributed by atoms with Crippen LogP contribution in [-0.4, -0.2) is 54.4 Å². The first-order chi connectivity index (χ1) is 9.95. The molecule has 126 valence electrons. The quantitative estimate of drug-likeness (QED) is 0.730. The average Bonchev–Trinajstić information content (AvgIpc) is 2.92. The second kappa shape index (κ2) is 7.91. The van der Waals surface area contributed by atoms with Gasteiger partial charge < -0.3 is 15.6 Å². The molecule has 1 fully saturated rings. The lowest BCUT2D eigenvalue weighted by atomic mass is 9.99. The predicted molar refractivity (Wildman–Crippen MR) is 84.0 cm³/mol. The molecule has 8 nitrogen and oxygen atoms in total. The van der Waals surface area contributed by atoms with Crippen molar-refractivity contribution in [2.24, 2.45) is 18.7 Å². The lowest BCUT2D eigenvalue weighted by Crippen LogP contribution is -2.46. The van der Waals surface area contributed by atoms with E-state index < -0.39 is 10.0 Å². The van der Waals surface area contributed by atoms with Crippen LogP contribution < -0.4 is 11.1 Å². The number of imidazole rings is 1. The molecule has 1 saturated heterocycles. The standard InChI is InChI=1S/C12H21N5O3S.ClH/c1-16-8-11(15-9-16)21(19,20)17-6-2-3-10(7-17)12(18)14-5-4-13;/h8-10H,2-7,13H2,1H3,(H,14,18);1H. The zero-order valence-corrected chi connectivity index (χ0v) is 14.1. The maximum atomic E-state index is 12.5. The van der Waals surface area contributed by atoms with Crippen molar-refractivity contribution in [1.82, 2.24) is 19.2 Å². The van der Waals surface area contributed by atoms with Crippen LogP contribution in [0.2, 0.25) is 0 Å². The van der Waals surface area contributed by atoms with Gasteiger partial charge in [0.1, 0.15) is 0 Å². The van der Waals surface area contributed by atoms with Crippen molar-refractivity contribution in [3.05, 3.63) is 12.5 Å². The number of carbonyl (C=O) groups excluding carboxylic acids is 1. The number of sulfonamides is 1. The van der Waals surface area contributed by atoms with Crippen molar-refractivity contribution in [3.63, 3.8) is 0 Å². The molecule has 0 bridgehead atoms. The summed E-state index contributed by atoms with van der Waals surface area (Å²) in [6.07, 6.45) is 4.26. The Hall–Kier alpha value is -1.16. The fourth-order valence-electron chi connectivity index (χ4n) is 2.37. The topological polar surface area (TPSA) is 110 Å². The van der Waals surface area contributed by atoms with E-state index in [1.54, 1.807) is 11.6 Å². The molecule has 0 aliphatic carbocycles. The largest absolute Gasteiger partial charge is 0.355 e. The van der Waals surface area contributed by atoms with Crippen molar-refractivity contribution in [2.45, 2.75) is 17.9 Å². The first-order valence-corrected chi connectivity index (χ1v) is 8.35. The molecule has 2 heterocycles. The molecule has 1 aliphatic rings. The van der Waals surface area contributed by atoms with Gasteiger partial charge in [-0.25, -0.2) is 13.4 Å². The molecule has 1 aliphatic heterocycles. The Morgan fingerprint density at radius 2 is 2.27 bits per heavy atom. The molecular formula is C12H22ClN5O3S. The SMILES string of the molecule is Cl.Cn1cnc(S(=O)(=O)N2CCCC(C(=O)NCCN)C2)c1. The van der Waals surface area contributed by atoms with Gasteiger partial charge in [0.15, 0.2) is 5.03 Å². The molecule has 1 amide bonds. The summed E-state index contributed by atoms with van der Waals surface area (Å²) in [5, 5.41) is 2.73. The molecule has 1 aromatic rings.